The van der Waals surface area contributed by atoms with E-state index in [0.717, 1.165) is 5.56 Å². The first-order valence-electron chi connectivity index (χ1n) is 7.64. The van der Waals surface area contributed by atoms with Gasteiger partial charge in [0.05, 0.1) is 24.4 Å². The maximum atomic E-state index is 13.7. The lowest BCUT2D eigenvalue weighted by Gasteiger charge is -2.17. The van der Waals surface area contributed by atoms with Gasteiger partial charge in [0, 0.05) is 11.6 Å². The standard InChI is InChI=1S/C19H16FNO3/c1-2-24-18(22)11-16-15-9-8-14(20)10-17(15)21(19(16)23)12-13-6-4-3-5-7-13/h3-11H,2,12H2,1H3. The van der Waals surface area contributed by atoms with E-state index in [1.54, 1.807) is 6.92 Å². The van der Waals surface area contributed by atoms with Crippen LogP contribution in [0.2, 0.25) is 0 Å². The first-order chi connectivity index (χ1) is 11.6. The lowest BCUT2D eigenvalue weighted by Crippen LogP contribution is -2.26. The number of fused-ring (bicyclic) bond motifs is 1. The molecule has 3 rings (SSSR count). The predicted octanol–water partition coefficient (Wildman–Crippen LogP) is 3.32. The Labute approximate surface area is 139 Å². The molecule has 0 spiro atoms. The average molecular weight is 325 g/mol. The van der Waals surface area contributed by atoms with Crippen molar-refractivity contribution >= 4 is 23.1 Å². The highest BCUT2D eigenvalue weighted by molar-refractivity contribution is 6.34. The van der Waals surface area contributed by atoms with Crippen molar-refractivity contribution in [1.29, 1.82) is 0 Å². The van der Waals surface area contributed by atoms with Gasteiger partial charge in [0.15, 0.2) is 0 Å². The van der Waals surface area contributed by atoms with Crippen LogP contribution in [0.5, 0.6) is 0 Å². The van der Waals surface area contributed by atoms with E-state index in [1.165, 1.54) is 29.2 Å². The van der Waals surface area contributed by atoms with Crippen LogP contribution in [-0.2, 0) is 20.9 Å². The minimum absolute atomic E-state index is 0.222. The van der Waals surface area contributed by atoms with Crippen LogP contribution in [0.3, 0.4) is 0 Å². The van der Waals surface area contributed by atoms with E-state index in [2.05, 4.69) is 0 Å². The molecule has 1 heterocycles. The number of hydrogen-bond acceptors (Lipinski definition) is 3. The number of ether oxygens (including phenoxy) is 1. The van der Waals surface area contributed by atoms with Crippen LogP contribution in [0, 0.1) is 5.82 Å². The van der Waals surface area contributed by atoms with Gasteiger partial charge in [-0.3, -0.25) is 4.79 Å². The molecule has 0 fully saturated rings. The summed E-state index contributed by atoms with van der Waals surface area (Å²) in [6.45, 7) is 2.22. The molecule has 4 nitrogen and oxygen atoms in total. The third-order valence-electron chi connectivity index (χ3n) is 3.75. The van der Waals surface area contributed by atoms with E-state index < -0.39 is 11.8 Å². The molecule has 0 saturated carbocycles. The van der Waals surface area contributed by atoms with Gasteiger partial charge in [0.2, 0.25) is 0 Å². The summed E-state index contributed by atoms with van der Waals surface area (Å²) in [5.41, 5.74) is 2.13. The number of hydrogen-bond donors (Lipinski definition) is 0. The number of anilines is 1. The molecule has 0 aliphatic carbocycles. The summed E-state index contributed by atoms with van der Waals surface area (Å²) in [6.07, 6.45) is 1.17. The fourth-order valence-electron chi connectivity index (χ4n) is 2.69. The summed E-state index contributed by atoms with van der Waals surface area (Å²) < 4.78 is 18.5. The van der Waals surface area contributed by atoms with Crippen LogP contribution in [0.1, 0.15) is 18.1 Å². The van der Waals surface area contributed by atoms with Gasteiger partial charge in [0.25, 0.3) is 5.91 Å². The number of benzene rings is 2. The second kappa shape index (κ2) is 6.66. The number of carbonyl (C=O) groups excluding carboxylic acids is 2. The van der Waals surface area contributed by atoms with Crippen LogP contribution in [0.4, 0.5) is 10.1 Å². The van der Waals surface area contributed by atoms with E-state index in [9.17, 15) is 14.0 Å². The minimum atomic E-state index is -0.585. The minimum Gasteiger partial charge on any atom is -0.463 e. The molecule has 2 aromatic carbocycles. The molecule has 0 atom stereocenters. The van der Waals surface area contributed by atoms with E-state index in [0.29, 0.717) is 17.8 Å². The number of esters is 1. The third kappa shape index (κ3) is 3.06. The third-order valence-corrected chi connectivity index (χ3v) is 3.75. The van der Waals surface area contributed by atoms with Gasteiger partial charge in [-0.2, -0.15) is 0 Å². The summed E-state index contributed by atoms with van der Waals surface area (Å²) in [4.78, 5) is 26.0. The Hall–Kier alpha value is -2.95. The van der Waals surface area contributed by atoms with Crippen LogP contribution in [-0.4, -0.2) is 18.5 Å². The van der Waals surface area contributed by atoms with Crippen molar-refractivity contribution in [3.05, 3.63) is 71.6 Å². The second-order valence-corrected chi connectivity index (χ2v) is 5.35. The molecule has 0 unspecified atom stereocenters. The predicted molar refractivity (Wildman–Crippen MR) is 88.6 cm³/mol. The Morgan fingerprint density at radius 2 is 1.96 bits per heavy atom. The van der Waals surface area contributed by atoms with Gasteiger partial charge in [-0.05, 0) is 30.7 Å². The van der Waals surface area contributed by atoms with E-state index in [4.69, 9.17) is 4.74 Å². The maximum absolute atomic E-state index is 13.7. The first kappa shape index (κ1) is 15.9. The zero-order valence-corrected chi connectivity index (χ0v) is 13.2. The smallest absolute Gasteiger partial charge is 0.331 e. The largest absolute Gasteiger partial charge is 0.463 e. The Balaban J connectivity index is 2.01. The highest BCUT2D eigenvalue weighted by Crippen LogP contribution is 2.38. The molecule has 0 N–H and O–H groups in total. The molecule has 5 heteroatoms. The molecule has 1 aliphatic heterocycles. The van der Waals surface area contributed by atoms with Crippen LogP contribution >= 0.6 is 0 Å². The normalized spacial score (nSPS) is 14.8. The summed E-state index contributed by atoms with van der Waals surface area (Å²) in [5, 5.41) is 0. The molecule has 24 heavy (non-hydrogen) atoms. The molecule has 0 bridgehead atoms. The SMILES string of the molecule is CCOC(=O)C=C1C(=O)N(Cc2ccccc2)c2cc(F)ccc21. The monoisotopic (exact) mass is 325 g/mol. The van der Waals surface area contributed by atoms with Gasteiger partial charge in [-0.15, -0.1) is 0 Å². The highest BCUT2D eigenvalue weighted by atomic mass is 19.1. The molecular weight excluding hydrogens is 309 g/mol. The summed E-state index contributed by atoms with van der Waals surface area (Å²) >= 11 is 0. The molecule has 0 radical (unpaired) electrons. The summed E-state index contributed by atoms with van der Waals surface area (Å²) in [7, 11) is 0. The zero-order chi connectivity index (χ0) is 17.1. The fraction of sp³-hybridized carbons (Fsp3) is 0.158. The molecule has 122 valence electrons. The van der Waals surface area contributed by atoms with Crippen molar-refractivity contribution in [1.82, 2.24) is 0 Å². The van der Waals surface area contributed by atoms with Crippen LogP contribution in [0.25, 0.3) is 5.57 Å². The number of nitrogens with zero attached hydrogens (tertiary/aromatic N) is 1. The van der Waals surface area contributed by atoms with Crippen molar-refractivity contribution in [3.8, 4) is 0 Å². The van der Waals surface area contributed by atoms with Crippen molar-refractivity contribution in [2.75, 3.05) is 11.5 Å². The maximum Gasteiger partial charge on any atom is 0.331 e. The van der Waals surface area contributed by atoms with Crippen molar-refractivity contribution in [3.63, 3.8) is 0 Å². The van der Waals surface area contributed by atoms with E-state index in [-0.39, 0.29) is 18.1 Å². The topological polar surface area (TPSA) is 46.6 Å². The number of carbonyl (C=O) groups is 2. The molecular formula is C19H16FNO3. The molecule has 0 saturated heterocycles. The number of halogens is 1. The average Bonchev–Trinajstić information content (AvgIpc) is 2.81. The second-order valence-electron chi connectivity index (χ2n) is 5.35. The number of rotatable bonds is 4. The number of amides is 1. The molecule has 2 aromatic rings. The van der Waals surface area contributed by atoms with Crippen LogP contribution < -0.4 is 4.90 Å². The molecule has 1 aliphatic rings. The van der Waals surface area contributed by atoms with E-state index >= 15 is 0 Å². The first-order valence-corrected chi connectivity index (χ1v) is 7.64. The van der Waals surface area contributed by atoms with Gasteiger partial charge in [0.1, 0.15) is 5.82 Å². The Morgan fingerprint density at radius 3 is 2.67 bits per heavy atom. The van der Waals surface area contributed by atoms with Crippen molar-refractivity contribution < 1.29 is 18.7 Å². The lowest BCUT2D eigenvalue weighted by atomic mass is 10.1. The van der Waals surface area contributed by atoms with Gasteiger partial charge in [-0.25, -0.2) is 9.18 Å². The Kier molecular flexibility index (Phi) is 4.42. The quantitative estimate of drug-likeness (QED) is 0.640. The van der Waals surface area contributed by atoms with Crippen molar-refractivity contribution in [2.24, 2.45) is 0 Å². The summed E-state index contributed by atoms with van der Waals surface area (Å²) in [5.74, 6) is -1.36. The van der Waals surface area contributed by atoms with Crippen molar-refractivity contribution in [2.45, 2.75) is 13.5 Å². The van der Waals surface area contributed by atoms with Crippen LogP contribution in [0.15, 0.2) is 54.6 Å². The zero-order valence-electron chi connectivity index (χ0n) is 13.2. The Morgan fingerprint density at radius 1 is 1.21 bits per heavy atom. The van der Waals surface area contributed by atoms with Gasteiger partial charge in [-0.1, -0.05) is 30.3 Å². The molecule has 0 aromatic heterocycles. The Bertz CT molecular complexity index is 815. The summed E-state index contributed by atoms with van der Waals surface area (Å²) in [6, 6.07) is 13.5. The van der Waals surface area contributed by atoms with E-state index in [1.807, 2.05) is 30.3 Å². The van der Waals surface area contributed by atoms with Gasteiger partial charge < -0.3 is 9.64 Å². The fourth-order valence-corrected chi connectivity index (χ4v) is 2.69. The lowest BCUT2D eigenvalue weighted by molar-refractivity contribution is -0.137. The molecule has 1 amide bonds. The highest BCUT2D eigenvalue weighted by Gasteiger charge is 2.33. The van der Waals surface area contributed by atoms with Gasteiger partial charge >= 0.3 is 5.97 Å².